The van der Waals surface area contributed by atoms with Gasteiger partial charge in [0.2, 0.25) is 5.91 Å². The zero-order chi connectivity index (χ0) is 19.6. The first-order chi connectivity index (χ1) is 13.1. The number of methoxy groups -OCH3 is 2. The van der Waals surface area contributed by atoms with Crippen molar-refractivity contribution in [1.29, 1.82) is 0 Å². The van der Waals surface area contributed by atoms with Crippen molar-refractivity contribution in [3.05, 3.63) is 72.3 Å². The van der Waals surface area contributed by atoms with Crippen LogP contribution in [0.1, 0.15) is 15.9 Å². The Labute approximate surface area is 158 Å². The molecular weight excluding hydrogens is 344 g/mol. The molecule has 0 atom stereocenters. The van der Waals surface area contributed by atoms with Gasteiger partial charge in [0, 0.05) is 18.2 Å². The Hall–Kier alpha value is -3.54. The molecule has 0 aliphatic heterocycles. The van der Waals surface area contributed by atoms with Gasteiger partial charge in [-0.25, -0.2) is 0 Å². The molecule has 27 heavy (non-hydrogen) atoms. The Morgan fingerprint density at radius 2 is 1.89 bits per heavy atom. The average Bonchev–Trinajstić information content (AvgIpc) is 2.70. The summed E-state index contributed by atoms with van der Waals surface area (Å²) < 4.78 is 10.5. The molecule has 0 aliphatic carbocycles. The highest BCUT2D eigenvalue weighted by Gasteiger charge is 2.11. The molecule has 2 rings (SSSR count). The van der Waals surface area contributed by atoms with Crippen molar-refractivity contribution in [2.75, 3.05) is 26.1 Å². The maximum absolute atomic E-state index is 12.3. The third kappa shape index (κ3) is 5.47. The van der Waals surface area contributed by atoms with E-state index in [-0.39, 0.29) is 11.8 Å². The molecule has 2 N–H and O–H groups in total. The van der Waals surface area contributed by atoms with E-state index in [0.29, 0.717) is 34.9 Å². The summed E-state index contributed by atoms with van der Waals surface area (Å²) in [7, 11) is 3.12. The van der Waals surface area contributed by atoms with Crippen LogP contribution < -0.4 is 20.1 Å². The van der Waals surface area contributed by atoms with Crippen LogP contribution in [0.5, 0.6) is 11.5 Å². The second-order valence-electron chi connectivity index (χ2n) is 5.47. The molecule has 2 aromatic rings. The molecule has 0 aliphatic rings. The van der Waals surface area contributed by atoms with Gasteiger partial charge in [0.25, 0.3) is 5.91 Å². The summed E-state index contributed by atoms with van der Waals surface area (Å²) >= 11 is 0. The summed E-state index contributed by atoms with van der Waals surface area (Å²) in [6.07, 6.45) is 4.58. The van der Waals surface area contributed by atoms with E-state index in [1.54, 1.807) is 68.8 Å². The zero-order valence-corrected chi connectivity index (χ0v) is 15.3. The first-order valence-electron chi connectivity index (χ1n) is 8.28. The van der Waals surface area contributed by atoms with Crippen molar-refractivity contribution in [1.82, 2.24) is 5.32 Å². The summed E-state index contributed by atoms with van der Waals surface area (Å²) in [6.45, 7) is 3.91. The molecule has 0 bridgehead atoms. The van der Waals surface area contributed by atoms with Gasteiger partial charge in [-0.3, -0.25) is 9.59 Å². The predicted octanol–water partition coefficient (Wildman–Crippen LogP) is 3.27. The molecule has 0 spiro atoms. The topological polar surface area (TPSA) is 76.7 Å². The number of anilines is 1. The summed E-state index contributed by atoms with van der Waals surface area (Å²) in [5.41, 5.74) is 1.50. The van der Waals surface area contributed by atoms with E-state index in [9.17, 15) is 9.59 Å². The van der Waals surface area contributed by atoms with Crippen molar-refractivity contribution in [2.24, 2.45) is 0 Å². The fourth-order valence-corrected chi connectivity index (χ4v) is 2.36. The van der Waals surface area contributed by atoms with E-state index in [2.05, 4.69) is 17.2 Å². The fraction of sp³-hybridized carbons (Fsp3) is 0.143. The van der Waals surface area contributed by atoms with Crippen LogP contribution in [-0.2, 0) is 4.79 Å². The standard InChI is InChI=1S/C21H22N2O4/c1-4-13-22-21(25)17-7-5-6-8-18(17)23-20(24)12-9-15-14-16(26-2)10-11-19(15)27-3/h4-12,14H,1,13H2,2-3H3,(H,22,25)(H,23,24)/b12-9+. The largest absolute Gasteiger partial charge is 0.497 e. The highest BCUT2D eigenvalue weighted by atomic mass is 16.5. The van der Waals surface area contributed by atoms with Gasteiger partial charge in [0.15, 0.2) is 0 Å². The maximum Gasteiger partial charge on any atom is 0.253 e. The normalized spacial score (nSPS) is 10.3. The number of carbonyl (C=O) groups is 2. The van der Waals surface area contributed by atoms with Gasteiger partial charge in [-0.05, 0) is 36.4 Å². The second-order valence-corrected chi connectivity index (χ2v) is 5.47. The number of hydrogen-bond donors (Lipinski definition) is 2. The quantitative estimate of drug-likeness (QED) is 0.555. The van der Waals surface area contributed by atoms with Crippen LogP contribution >= 0.6 is 0 Å². The van der Waals surface area contributed by atoms with Gasteiger partial charge in [-0.2, -0.15) is 0 Å². The van der Waals surface area contributed by atoms with E-state index in [4.69, 9.17) is 9.47 Å². The average molecular weight is 366 g/mol. The molecule has 2 amide bonds. The van der Waals surface area contributed by atoms with Crippen LogP contribution in [0.3, 0.4) is 0 Å². The lowest BCUT2D eigenvalue weighted by molar-refractivity contribution is -0.111. The first-order valence-corrected chi connectivity index (χ1v) is 8.28. The first kappa shape index (κ1) is 19.8. The number of ether oxygens (including phenoxy) is 2. The van der Waals surface area contributed by atoms with Gasteiger partial charge >= 0.3 is 0 Å². The monoisotopic (exact) mass is 366 g/mol. The molecule has 6 nitrogen and oxygen atoms in total. The van der Waals surface area contributed by atoms with E-state index < -0.39 is 0 Å². The van der Waals surface area contributed by atoms with Crippen LogP contribution in [0.15, 0.2) is 61.2 Å². The Balaban J connectivity index is 2.16. The number of amides is 2. The summed E-state index contributed by atoms with van der Waals surface area (Å²) in [4.78, 5) is 24.5. The molecule has 2 aromatic carbocycles. The highest BCUT2D eigenvalue weighted by Crippen LogP contribution is 2.25. The Morgan fingerprint density at radius 1 is 1.11 bits per heavy atom. The lowest BCUT2D eigenvalue weighted by Gasteiger charge is -2.10. The SMILES string of the molecule is C=CCNC(=O)c1ccccc1NC(=O)/C=C/c1cc(OC)ccc1OC. The van der Waals surface area contributed by atoms with E-state index in [1.165, 1.54) is 6.08 Å². The van der Waals surface area contributed by atoms with Crippen LogP contribution in [0.25, 0.3) is 6.08 Å². The Kier molecular flexibility index (Phi) is 7.19. The van der Waals surface area contributed by atoms with E-state index >= 15 is 0 Å². The molecular formula is C21H22N2O4. The molecule has 0 saturated carbocycles. The molecule has 6 heteroatoms. The summed E-state index contributed by atoms with van der Waals surface area (Å²) in [6, 6.07) is 12.1. The lowest BCUT2D eigenvalue weighted by Crippen LogP contribution is -2.24. The summed E-state index contributed by atoms with van der Waals surface area (Å²) in [5.74, 6) is 0.609. The third-order valence-corrected chi connectivity index (χ3v) is 3.69. The predicted molar refractivity (Wildman–Crippen MR) is 106 cm³/mol. The number of hydrogen-bond acceptors (Lipinski definition) is 4. The minimum atomic E-state index is -0.371. The van der Waals surface area contributed by atoms with Gasteiger partial charge in [-0.1, -0.05) is 18.2 Å². The third-order valence-electron chi connectivity index (χ3n) is 3.69. The van der Waals surface area contributed by atoms with Gasteiger partial charge in [0.05, 0.1) is 25.5 Å². The molecule has 0 heterocycles. The van der Waals surface area contributed by atoms with E-state index in [1.807, 2.05) is 0 Å². The van der Waals surface area contributed by atoms with Gasteiger partial charge < -0.3 is 20.1 Å². The van der Waals surface area contributed by atoms with Crippen LogP contribution in [0, 0.1) is 0 Å². The Bertz CT molecular complexity index is 859. The molecule has 140 valence electrons. The zero-order valence-electron chi connectivity index (χ0n) is 15.3. The molecule has 0 radical (unpaired) electrons. The molecule has 0 fully saturated rings. The van der Waals surface area contributed by atoms with Crippen molar-refractivity contribution in [3.63, 3.8) is 0 Å². The lowest BCUT2D eigenvalue weighted by atomic mass is 10.1. The number of carbonyl (C=O) groups excluding carboxylic acids is 2. The minimum absolute atomic E-state index is 0.288. The van der Waals surface area contributed by atoms with Gasteiger partial charge in [-0.15, -0.1) is 6.58 Å². The van der Waals surface area contributed by atoms with Crippen molar-refractivity contribution < 1.29 is 19.1 Å². The highest BCUT2D eigenvalue weighted by molar-refractivity contribution is 6.07. The van der Waals surface area contributed by atoms with E-state index in [0.717, 1.165) is 0 Å². The van der Waals surface area contributed by atoms with Crippen molar-refractivity contribution in [2.45, 2.75) is 0 Å². The fourth-order valence-electron chi connectivity index (χ4n) is 2.36. The van der Waals surface area contributed by atoms with Gasteiger partial charge in [0.1, 0.15) is 11.5 Å². The van der Waals surface area contributed by atoms with Crippen LogP contribution in [-0.4, -0.2) is 32.6 Å². The minimum Gasteiger partial charge on any atom is -0.497 e. The summed E-state index contributed by atoms with van der Waals surface area (Å²) in [5, 5.41) is 5.41. The van der Waals surface area contributed by atoms with Crippen LogP contribution in [0.4, 0.5) is 5.69 Å². The molecule has 0 saturated heterocycles. The smallest absolute Gasteiger partial charge is 0.253 e. The number of nitrogens with one attached hydrogen (secondary N) is 2. The number of para-hydroxylation sites is 1. The molecule has 0 unspecified atom stereocenters. The van der Waals surface area contributed by atoms with Crippen molar-refractivity contribution >= 4 is 23.6 Å². The number of rotatable bonds is 8. The number of benzene rings is 2. The second kappa shape index (κ2) is 9.82. The van der Waals surface area contributed by atoms with Crippen molar-refractivity contribution in [3.8, 4) is 11.5 Å². The Morgan fingerprint density at radius 3 is 2.59 bits per heavy atom. The molecule has 0 aromatic heterocycles. The van der Waals surface area contributed by atoms with Crippen LogP contribution in [0.2, 0.25) is 0 Å². The maximum atomic E-state index is 12.3.